The lowest BCUT2D eigenvalue weighted by Gasteiger charge is -2.27. The van der Waals surface area contributed by atoms with Crippen LogP contribution in [0.15, 0.2) is 0 Å². The second kappa shape index (κ2) is 13.9. The van der Waals surface area contributed by atoms with E-state index in [1.54, 1.807) is 0 Å². The number of hydrogen-bond acceptors (Lipinski definition) is 1. The molecule has 1 atom stereocenters. The number of hydrogen-bond donors (Lipinski definition) is 1. The van der Waals surface area contributed by atoms with E-state index in [-0.39, 0.29) is 5.92 Å². The molecular formula is C21H42O2. The van der Waals surface area contributed by atoms with Gasteiger partial charge in [-0.25, -0.2) is 0 Å². The summed E-state index contributed by atoms with van der Waals surface area (Å²) in [6.07, 6.45) is 18.8. The van der Waals surface area contributed by atoms with Crippen molar-refractivity contribution >= 4 is 5.97 Å². The van der Waals surface area contributed by atoms with Crippen LogP contribution in [0.5, 0.6) is 0 Å². The molecule has 0 aliphatic rings. The first-order valence-corrected chi connectivity index (χ1v) is 10.2. The Morgan fingerprint density at radius 1 is 0.783 bits per heavy atom. The van der Waals surface area contributed by atoms with E-state index in [2.05, 4.69) is 13.8 Å². The third kappa shape index (κ3) is 11.6. The molecule has 0 aliphatic heterocycles. The van der Waals surface area contributed by atoms with Crippen molar-refractivity contribution < 1.29 is 9.90 Å². The summed E-state index contributed by atoms with van der Waals surface area (Å²) in [5, 5.41) is 9.22. The van der Waals surface area contributed by atoms with E-state index in [9.17, 15) is 9.90 Å². The van der Waals surface area contributed by atoms with Gasteiger partial charge in [-0.2, -0.15) is 0 Å². The van der Waals surface area contributed by atoms with E-state index in [1.807, 2.05) is 13.8 Å². The second-order valence-electron chi connectivity index (χ2n) is 7.96. The molecule has 0 amide bonds. The standard InChI is InChI=1S/C21H42O2/c1-5-6-7-8-9-10-11-12-13-14-15-16-17-18-19(2)21(3,4)20(22)23/h19H,5-18H2,1-4H3,(H,22,23). The Balaban J connectivity index is 3.32. The molecule has 0 aliphatic carbocycles. The molecule has 23 heavy (non-hydrogen) atoms. The van der Waals surface area contributed by atoms with Crippen LogP contribution in [0.3, 0.4) is 0 Å². The average molecular weight is 327 g/mol. The smallest absolute Gasteiger partial charge is 0.309 e. The number of carboxylic acid groups (broad SMARTS) is 1. The fraction of sp³-hybridized carbons (Fsp3) is 0.952. The Morgan fingerprint density at radius 3 is 1.48 bits per heavy atom. The van der Waals surface area contributed by atoms with Crippen LogP contribution in [-0.4, -0.2) is 11.1 Å². The summed E-state index contributed by atoms with van der Waals surface area (Å²) in [4.78, 5) is 11.2. The van der Waals surface area contributed by atoms with Gasteiger partial charge in [0, 0.05) is 0 Å². The molecule has 0 saturated carbocycles. The molecule has 0 spiro atoms. The highest BCUT2D eigenvalue weighted by Gasteiger charge is 2.33. The molecule has 0 aromatic carbocycles. The first-order chi connectivity index (χ1) is 10.9. The molecule has 0 aromatic rings. The van der Waals surface area contributed by atoms with Gasteiger partial charge < -0.3 is 5.11 Å². The van der Waals surface area contributed by atoms with Crippen molar-refractivity contribution in [1.82, 2.24) is 0 Å². The number of carboxylic acids is 1. The largest absolute Gasteiger partial charge is 0.481 e. The van der Waals surface area contributed by atoms with E-state index in [4.69, 9.17) is 0 Å². The molecule has 0 bridgehead atoms. The fourth-order valence-corrected chi connectivity index (χ4v) is 3.04. The Hall–Kier alpha value is -0.530. The van der Waals surface area contributed by atoms with Gasteiger partial charge >= 0.3 is 5.97 Å². The van der Waals surface area contributed by atoms with E-state index in [0.717, 1.165) is 6.42 Å². The van der Waals surface area contributed by atoms with Crippen molar-refractivity contribution in [3.05, 3.63) is 0 Å². The Labute approximate surface area is 145 Å². The first kappa shape index (κ1) is 22.5. The van der Waals surface area contributed by atoms with Crippen LogP contribution < -0.4 is 0 Å². The summed E-state index contributed by atoms with van der Waals surface area (Å²) in [7, 11) is 0. The quantitative estimate of drug-likeness (QED) is 0.304. The third-order valence-corrected chi connectivity index (χ3v) is 5.52. The van der Waals surface area contributed by atoms with E-state index in [1.165, 1.54) is 83.5 Å². The Bertz CT molecular complexity index is 284. The highest BCUT2D eigenvalue weighted by atomic mass is 16.4. The summed E-state index contributed by atoms with van der Waals surface area (Å²) in [6.45, 7) is 8.05. The van der Waals surface area contributed by atoms with Crippen molar-refractivity contribution in [3.8, 4) is 0 Å². The minimum atomic E-state index is -0.667. The number of carbonyl (C=O) groups is 1. The maximum absolute atomic E-state index is 11.2. The summed E-state index contributed by atoms with van der Waals surface area (Å²) < 4.78 is 0. The highest BCUT2D eigenvalue weighted by molar-refractivity contribution is 5.73. The van der Waals surface area contributed by atoms with Gasteiger partial charge in [-0.15, -0.1) is 0 Å². The van der Waals surface area contributed by atoms with Gasteiger partial charge in [0.25, 0.3) is 0 Å². The predicted molar refractivity (Wildman–Crippen MR) is 101 cm³/mol. The molecule has 0 aromatic heterocycles. The number of rotatable bonds is 16. The number of aliphatic carboxylic acids is 1. The van der Waals surface area contributed by atoms with Gasteiger partial charge in [0.15, 0.2) is 0 Å². The lowest BCUT2D eigenvalue weighted by Crippen LogP contribution is -2.31. The molecule has 2 heteroatoms. The zero-order chi connectivity index (χ0) is 17.6. The van der Waals surface area contributed by atoms with Crippen molar-refractivity contribution in [2.24, 2.45) is 11.3 Å². The molecule has 138 valence electrons. The van der Waals surface area contributed by atoms with Crippen molar-refractivity contribution in [1.29, 1.82) is 0 Å². The maximum atomic E-state index is 11.2. The SMILES string of the molecule is CCCCCCCCCCCCCCCC(C)C(C)(C)C(=O)O. The van der Waals surface area contributed by atoms with Crippen LogP contribution in [0.2, 0.25) is 0 Å². The Kier molecular flexibility index (Phi) is 13.5. The van der Waals surface area contributed by atoms with E-state index in [0.29, 0.717) is 0 Å². The van der Waals surface area contributed by atoms with Gasteiger partial charge in [0.05, 0.1) is 5.41 Å². The normalized spacial score (nSPS) is 13.2. The molecule has 1 N–H and O–H groups in total. The molecule has 0 heterocycles. The number of unbranched alkanes of at least 4 members (excludes halogenated alkanes) is 12. The third-order valence-electron chi connectivity index (χ3n) is 5.52. The monoisotopic (exact) mass is 326 g/mol. The van der Waals surface area contributed by atoms with Gasteiger partial charge in [-0.1, -0.05) is 97.3 Å². The van der Waals surface area contributed by atoms with Crippen LogP contribution >= 0.6 is 0 Å². The molecular weight excluding hydrogens is 284 g/mol. The lowest BCUT2D eigenvalue weighted by molar-refractivity contribution is -0.149. The van der Waals surface area contributed by atoms with Gasteiger partial charge in [-0.05, 0) is 26.2 Å². The van der Waals surface area contributed by atoms with E-state index >= 15 is 0 Å². The molecule has 0 fully saturated rings. The second-order valence-corrected chi connectivity index (χ2v) is 7.96. The minimum absolute atomic E-state index is 0.257. The maximum Gasteiger partial charge on any atom is 0.309 e. The Morgan fingerprint density at radius 2 is 1.13 bits per heavy atom. The zero-order valence-electron chi connectivity index (χ0n) is 16.3. The fourth-order valence-electron chi connectivity index (χ4n) is 3.04. The molecule has 2 nitrogen and oxygen atoms in total. The zero-order valence-corrected chi connectivity index (χ0v) is 16.3. The summed E-state index contributed by atoms with van der Waals surface area (Å²) in [6, 6.07) is 0. The predicted octanol–water partition coefficient (Wildman–Crippen LogP) is 7.21. The topological polar surface area (TPSA) is 37.3 Å². The van der Waals surface area contributed by atoms with Crippen LogP contribution in [0, 0.1) is 11.3 Å². The molecule has 0 saturated heterocycles. The molecule has 1 unspecified atom stereocenters. The average Bonchev–Trinajstić information content (AvgIpc) is 2.51. The summed E-state index contributed by atoms with van der Waals surface area (Å²) in [5.74, 6) is -0.410. The van der Waals surface area contributed by atoms with Gasteiger partial charge in [-0.3, -0.25) is 4.79 Å². The molecule has 0 radical (unpaired) electrons. The lowest BCUT2D eigenvalue weighted by atomic mass is 9.77. The van der Waals surface area contributed by atoms with Crippen molar-refractivity contribution in [3.63, 3.8) is 0 Å². The van der Waals surface area contributed by atoms with Crippen molar-refractivity contribution in [2.45, 2.75) is 118 Å². The van der Waals surface area contributed by atoms with Gasteiger partial charge in [0.2, 0.25) is 0 Å². The minimum Gasteiger partial charge on any atom is -0.481 e. The van der Waals surface area contributed by atoms with Gasteiger partial charge in [0.1, 0.15) is 0 Å². The summed E-state index contributed by atoms with van der Waals surface area (Å²) in [5.41, 5.74) is -0.586. The van der Waals surface area contributed by atoms with Crippen LogP contribution in [0.25, 0.3) is 0 Å². The first-order valence-electron chi connectivity index (χ1n) is 10.2. The summed E-state index contributed by atoms with van der Waals surface area (Å²) >= 11 is 0. The van der Waals surface area contributed by atoms with E-state index < -0.39 is 11.4 Å². The van der Waals surface area contributed by atoms with Crippen molar-refractivity contribution in [2.75, 3.05) is 0 Å². The van der Waals surface area contributed by atoms with Crippen LogP contribution in [0.4, 0.5) is 0 Å². The van der Waals surface area contributed by atoms with Crippen LogP contribution in [0.1, 0.15) is 118 Å². The highest BCUT2D eigenvalue weighted by Crippen LogP contribution is 2.31. The molecule has 0 rings (SSSR count). The van der Waals surface area contributed by atoms with Crippen LogP contribution in [-0.2, 0) is 4.79 Å².